The molecule has 146 valence electrons. The minimum absolute atomic E-state index is 0.284. The van der Waals surface area contributed by atoms with E-state index in [4.69, 9.17) is 9.84 Å². The van der Waals surface area contributed by atoms with Crippen molar-refractivity contribution in [1.82, 2.24) is 14.6 Å². The van der Waals surface area contributed by atoms with Gasteiger partial charge in [-0.15, -0.1) is 0 Å². The Morgan fingerprint density at radius 1 is 1.29 bits per heavy atom. The number of carboxylic acids is 1. The molecule has 1 N–H and O–H groups in total. The molecule has 28 heavy (non-hydrogen) atoms. The number of hydrogen-bond acceptors (Lipinski definition) is 4. The number of aryl methyl sites for hydroxylation is 2. The summed E-state index contributed by atoms with van der Waals surface area (Å²) in [6.45, 7) is 6.19. The van der Waals surface area contributed by atoms with E-state index in [0.29, 0.717) is 17.7 Å². The average molecular weight is 379 g/mol. The minimum Gasteiger partial charge on any atom is -0.478 e. The van der Waals surface area contributed by atoms with Crippen molar-refractivity contribution < 1.29 is 14.6 Å². The van der Waals surface area contributed by atoms with Crippen molar-refractivity contribution in [3.8, 4) is 11.1 Å². The van der Waals surface area contributed by atoms with Gasteiger partial charge >= 0.3 is 5.97 Å². The molecule has 6 nitrogen and oxygen atoms in total. The van der Waals surface area contributed by atoms with Crippen molar-refractivity contribution in [2.45, 2.75) is 40.2 Å². The van der Waals surface area contributed by atoms with Crippen LogP contribution in [0, 0.1) is 6.92 Å². The molecule has 0 bridgehead atoms. The maximum Gasteiger partial charge on any atom is 0.331 e. The number of aliphatic carboxylic acids is 1. The van der Waals surface area contributed by atoms with Gasteiger partial charge < -0.3 is 9.84 Å². The zero-order valence-corrected chi connectivity index (χ0v) is 16.7. The number of rotatable bonds is 7. The van der Waals surface area contributed by atoms with Gasteiger partial charge in [0, 0.05) is 47.5 Å². The average Bonchev–Trinajstić information content (AvgIpc) is 3.08. The van der Waals surface area contributed by atoms with E-state index in [1.807, 2.05) is 24.4 Å². The van der Waals surface area contributed by atoms with Crippen molar-refractivity contribution >= 4 is 17.6 Å². The number of methoxy groups -OCH3 is 1. The van der Waals surface area contributed by atoms with E-state index in [1.165, 1.54) is 0 Å². The Bertz CT molecular complexity index is 1050. The van der Waals surface area contributed by atoms with Gasteiger partial charge in [0.15, 0.2) is 0 Å². The number of aromatic nitrogens is 3. The summed E-state index contributed by atoms with van der Waals surface area (Å²) in [6, 6.07) is 6.14. The second kappa shape index (κ2) is 8.35. The summed E-state index contributed by atoms with van der Waals surface area (Å²) in [5.41, 5.74) is 6.68. The Labute approximate surface area is 164 Å². The minimum atomic E-state index is -0.927. The Hall–Kier alpha value is -2.99. The Morgan fingerprint density at radius 2 is 2.07 bits per heavy atom. The summed E-state index contributed by atoms with van der Waals surface area (Å²) in [4.78, 5) is 16.0. The monoisotopic (exact) mass is 379 g/mol. The van der Waals surface area contributed by atoms with Gasteiger partial charge in [-0.05, 0) is 49.6 Å². The zero-order valence-electron chi connectivity index (χ0n) is 16.7. The summed E-state index contributed by atoms with van der Waals surface area (Å²) in [5.74, 6) is -0.927. The number of nitrogens with zero attached hydrogens (tertiary/aromatic N) is 3. The fraction of sp³-hybridized carbons (Fsp3) is 0.318. The van der Waals surface area contributed by atoms with Gasteiger partial charge in [0.2, 0.25) is 0 Å². The predicted octanol–water partition coefficient (Wildman–Crippen LogP) is 4.29. The Morgan fingerprint density at radius 3 is 2.68 bits per heavy atom. The Balaban J connectivity index is 2.45. The maximum atomic E-state index is 11.7. The van der Waals surface area contributed by atoms with Crippen LogP contribution in [0.25, 0.3) is 22.7 Å². The molecule has 3 heterocycles. The van der Waals surface area contributed by atoms with E-state index in [0.717, 1.165) is 39.9 Å². The molecule has 0 saturated carbocycles. The lowest BCUT2D eigenvalue weighted by Crippen LogP contribution is -2.09. The van der Waals surface area contributed by atoms with E-state index in [-0.39, 0.29) is 6.61 Å². The van der Waals surface area contributed by atoms with Crippen LogP contribution in [-0.2, 0) is 22.6 Å². The van der Waals surface area contributed by atoms with E-state index in [1.54, 1.807) is 25.6 Å². The van der Waals surface area contributed by atoms with Gasteiger partial charge in [0.1, 0.15) is 0 Å². The summed E-state index contributed by atoms with van der Waals surface area (Å²) < 4.78 is 7.32. The largest absolute Gasteiger partial charge is 0.478 e. The quantitative estimate of drug-likeness (QED) is 0.620. The molecule has 0 atom stereocenters. The molecule has 0 unspecified atom stereocenters. The molecule has 0 saturated heterocycles. The van der Waals surface area contributed by atoms with E-state index in [2.05, 4.69) is 24.0 Å². The third-order valence-electron chi connectivity index (χ3n) is 4.77. The standard InChI is InChI=1S/C22H25N3O3/c1-5-15(22(26)27)10-18-19(13-28-4)24-25-17(6-2)7-8-20(25)21(18)16-9-14(3)11-23-12-16/h7-12H,5-6,13H2,1-4H3,(H,26,27). The highest BCUT2D eigenvalue weighted by Gasteiger charge is 2.19. The third-order valence-corrected chi connectivity index (χ3v) is 4.77. The van der Waals surface area contributed by atoms with Gasteiger partial charge in [-0.1, -0.05) is 13.8 Å². The molecule has 6 heteroatoms. The van der Waals surface area contributed by atoms with Crippen LogP contribution in [0.4, 0.5) is 0 Å². The molecule has 0 amide bonds. The first kappa shape index (κ1) is 19.8. The number of fused-ring (bicyclic) bond motifs is 1. The number of carbonyl (C=O) groups is 1. The van der Waals surface area contributed by atoms with Gasteiger partial charge in [-0.2, -0.15) is 5.10 Å². The van der Waals surface area contributed by atoms with Crippen molar-refractivity contribution in [2.75, 3.05) is 7.11 Å². The van der Waals surface area contributed by atoms with Crippen LogP contribution in [0.1, 0.15) is 42.8 Å². The maximum absolute atomic E-state index is 11.7. The van der Waals surface area contributed by atoms with E-state index in [9.17, 15) is 9.90 Å². The fourth-order valence-electron chi connectivity index (χ4n) is 3.39. The normalized spacial score (nSPS) is 11.9. The molecule has 0 spiro atoms. The lowest BCUT2D eigenvalue weighted by Gasteiger charge is -2.16. The number of pyridine rings is 1. The first-order valence-electron chi connectivity index (χ1n) is 9.38. The van der Waals surface area contributed by atoms with Gasteiger partial charge in [0.05, 0.1) is 17.8 Å². The van der Waals surface area contributed by atoms with Crippen LogP contribution in [-0.4, -0.2) is 32.8 Å². The molecule has 0 aliphatic rings. The van der Waals surface area contributed by atoms with Crippen molar-refractivity contribution in [3.05, 3.63) is 58.7 Å². The predicted molar refractivity (Wildman–Crippen MR) is 109 cm³/mol. The Kier molecular flexibility index (Phi) is 5.90. The van der Waals surface area contributed by atoms with Crippen molar-refractivity contribution in [2.24, 2.45) is 0 Å². The highest BCUT2D eigenvalue weighted by Crippen LogP contribution is 2.33. The molecule has 0 radical (unpaired) electrons. The van der Waals surface area contributed by atoms with Crippen LogP contribution in [0.2, 0.25) is 0 Å². The van der Waals surface area contributed by atoms with Crippen LogP contribution < -0.4 is 0 Å². The second-order valence-electron chi connectivity index (χ2n) is 6.72. The van der Waals surface area contributed by atoms with E-state index >= 15 is 0 Å². The smallest absolute Gasteiger partial charge is 0.331 e. The summed E-state index contributed by atoms with van der Waals surface area (Å²) >= 11 is 0. The summed E-state index contributed by atoms with van der Waals surface area (Å²) in [6.07, 6.45) is 6.59. The molecule has 3 aromatic heterocycles. The number of carboxylic acid groups (broad SMARTS) is 1. The molecule has 0 fully saturated rings. The van der Waals surface area contributed by atoms with Gasteiger partial charge in [0.25, 0.3) is 0 Å². The lowest BCUT2D eigenvalue weighted by molar-refractivity contribution is -0.132. The molecule has 0 aliphatic carbocycles. The summed E-state index contributed by atoms with van der Waals surface area (Å²) in [7, 11) is 1.61. The SMILES string of the molecule is CCC(=Cc1c(COC)nn2c(CC)ccc2c1-c1cncc(C)c1)C(=O)O. The number of ether oxygens (including phenoxy) is 1. The lowest BCUT2D eigenvalue weighted by atomic mass is 9.96. The first-order valence-corrected chi connectivity index (χ1v) is 9.38. The highest BCUT2D eigenvalue weighted by atomic mass is 16.5. The van der Waals surface area contributed by atoms with Gasteiger partial charge in [-0.25, -0.2) is 9.31 Å². The second-order valence-corrected chi connectivity index (χ2v) is 6.72. The van der Waals surface area contributed by atoms with Crippen molar-refractivity contribution in [3.63, 3.8) is 0 Å². The molecule has 0 aliphatic heterocycles. The molecule has 0 aromatic carbocycles. The van der Waals surface area contributed by atoms with Crippen LogP contribution >= 0.6 is 0 Å². The number of hydrogen-bond donors (Lipinski definition) is 1. The first-order chi connectivity index (χ1) is 13.5. The van der Waals surface area contributed by atoms with Crippen LogP contribution in [0.3, 0.4) is 0 Å². The van der Waals surface area contributed by atoms with Crippen LogP contribution in [0.15, 0.2) is 36.2 Å². The molecule has 3 aromatic rings. The van der Waals surface area contributed by atoms with E-state index < -0.39 is 5.97 Å². The molecular weight excluding hydrogens is 354 g/mol. The highest BCUT2D eigenvalue weighted by molar-refractivity contribution is 5.96. The summed E-state index contributed by atoms with van der Waals surface area (Å²) in [5, 5.41) is 14.4. The molecular formula is C22H25N3O3. The molecule has 3 rings (SSSR count). The third kappa shape index (κ3) is 3.68. The topological polar surface area (TPSA) is 76.7 Å². The van der Waals surface area contributed by atoms with Gasteiger partial charge in [-0.3, -0.25) is 4.98 Å². The fourth-order valence-corrected chi connectivity index (χ4v) is 3.39. The van der Waals surface area contributed by atoms with Crippen LogP contribution in [0.5, 0.6) is 0 Å². The van der Waals surface area contributed by atoms with Crippen molar-refractivity contribution in [1.29, 1.82) is 0 Å². The zero-order chi connectivity index (χ0) is 20.3.